The number of nitrogens with one attached hydrogen (secondary N) is 1. The summed E-state index contributed by atoms with van der Waals surface area (Å²) >= 11 is 1.72. The number of benzene rings is 1. The number of thiophene rings is 1. The fourth-order valence-electron chi connectivity index (χ4n) is 2.40. The second kappa shape index (κ2) is 5.19. The molecule has 0 amide bonds. The maximum absolute atomic E-state index is 6.08. The van der Waals surface area contributed by atoms with E-state index in [0.29, 0.717) is 0 Å². The van der Waals surface area contributed by atoms with E-state index in [1.54, 1.807) is 11.3 Å². The Morgan fingerprint density at radius 2 is 2.21 bits per heavy atom. The first-order chi connectivity index (χ1) is 9.29. The van der Waals surface area contributed by atoms with E-state index in [-0.39, 0.29) is 6.04 Å². The maximum Gasteiger partial charge on any atom is 0.137 e. The predicted molar refractivity (Wildman–Crippen MR) is 80.8 cm³/mol. The van der Waals surface area contributed by atoms with Gasteiger partial charge in [-0.05, 0) is 47.5 Å². The number of hydrogen-bond acceptors (Lipinski definition) is 3. The average Bonchev–Trinajstić information content (AvgIpc) is 3.05. The summed E-state index contributed by atoms with van der Waals surface area (Å²) in [6.07, 6.45) is 0. The van der Waals surface area contributed by atoms with E-state index < -0.39 is 0 Å². The fourth-order valence-corrected chi connectivity index (χ4v) is 3.08. The van der Waals surface area contributed by atoms with Crippen molar-refractivity contribution in [1.82, 2.24) is 5.32 Å². The molecule has 0 saturated heterocycles. The van der Waals surface area contributed by atoms with E-state index in [2.05, 4.69) is 60.3 Å². The summed E-state index contributed by atoms with van der Waals surface area (Å²) in [6, 6.07) is 10.7. The Morgan fingerprint density at radius 3 is 2.89 bits per heavy atom. The van der Waals surface area contributed by atoms with Crippen LogP contribution in [0.15, 0.2) is 45.5 Å². The molecule has 0 aliphatic rings. The molecular weight excluding hydrogens is 254 g/mol. The van der Waals surface area contributed by atoms with Crippen LogP contribution in [0.5, 0.6) is 0 Å². The Labute approximate surface area is 117 Å². The predicted octanol–water partition coefficient (Wildman–Crippen LogP) is 4.50. The van der Waals surface area contributed by atoms with Gasteiger partial charge in [0.25, 0.3) is 0 Å². The molecule has 2 heterocycles. The van der Waals surface area contributed by atoms with Gasteiger partial charge in [-0.25, -0.2) is 0 Å². The Balaban J connectivity index is 2.08. The lowest BCUT2D eigenvalue weighted by Crippen LogP contribution is -2.20. The van der Waals surface area contributed by atoms with Gasteiger partial charge in [-0.3, -0.25) is 0 Å². The van der Waals surface area contributed by atoms with Gasteiger partial charge >= 0.3 is 0 Å². The van der Waals surface area contributed by atoms with Crippen molar-refractivity contribution in [3.8, 4) is 0 Å². The minimum atomic E-state index is 0.142. The summed E-state index contributed by atoms with van der Waals surface area (Å²) in [6.45, 7) is 5.12. The monoisotopic (exact) mass is 271 g/mol. The van der Waals surface area contributed by atoms with Crippen molar-refractivity contribution >= 4 is 22.3 Å². The quantitative estimate of drug-likeness (QED) is 0.755. The highest BCUT2D eigenvalue weighted by Gasteiger charge is 2.18. The number of rotatable bonds is 4. The van der Waals surface area contributed by atoms with Crippen LogP contribution in [0.4, 0.5) is 0 Å². The van der Waals surface area contributed by atoms with E-state index >= 15 is 0 Å². The van der Waals surface area contributed by atoms with E-state index in [1.807, 2.05) is 0 Å². The van der Waals surface area contributed by atoms with Gasteiger partial charge in [0.1, 0.15) is 11.3 Å². The number of furan rings is 1. The number of para-hydroxylation sites is 1. The van der Waals surface area contributed by atoms with Crippen LogP contribution >= 0.6 is 11.3 Å². The van der Waals surface area contributed by atoms with Crippen LogP contribution in [0, 0.1) is 6.92 Å². The van der Waals surface area contributed by atoms with Crippen molar-refractivity contribution in [2.24, 2.45) is 0 Å². The van der Waals surface area contributed by atoms with Crippen LogP contribution < -0.4 is 5.32 Å². The molecule has 1 unspecified atom stereocenters. The van der Waals surface area contributed by atoms with Gasteiger partial charge in [0, 0.05) is 5.39 Å². The molecule has 0 aliphatic carbocycles. The normalized spacial score (nSPS) is 12.9. The minimum absolute atomic E-state index is 0.142. The van der Waals surface area contributed by atoms with Gasteiger partial charge in [-0.15, -0.1) is 0 Å². The van der Waals surface area contributed by atoms with Crippen LogP contribution in [0.3, 0.4) is 0 Å². The van der Waals surface area contributed by atoms with Crippen molar-refractivity contribution < 1.29 is 4.42 Å². The van der Waals surface area contributed by atoms with Crippen molar-refractivity contribution in [1.29, 1.82) is 0 Å². The molecule has 2 nitrogen and oxygen atoms in total. The van der Waals surface area contributed by atoms with Gasteiger partial charge in [0.15, 0.2) is 0 Å². The topological polar surface area (TPSA) is 25.2 Å². The van der Waals surface area contributed by atoms with Gasteiger partial charge in [-0.2, -0.15) is 11.3 Å². The molecular formula is C16H17NOS. The summed E-state index contributed by atoms with van der Waals surface area (Å²) in [7, 11) is 0. The van der Waals surface area contributed by atoms with Crippen molar-refractivity contribution in [3.63, 3.8) is 0 Å². The summed E-state index contributed by atoms with van der Waals surface area (Å²) in [5.74, 6) is 0.990. The van der Waals surface area contributed by atoms with Gasteiger partial charge in [-0.1, -0.05) is 25.1 Å². The average molecular weight is 271 g/mol. The molecule has 19 heavy (non-hydrogen) atoms. The molecule has 0 spiro atoms. The Morgan fingerprint density at radius 1 is 1.32 bits per heavy atom. The first-order valence-corrected chi connectivity index (χ1v) is 7.48. The molecule has 1 N–H and O–H groups in total. The lowest BCUT2D eigenvalue weighted by Gasteiger charge is -2.13. The summed E-state index contributed by atoms with van der Waals surface area (Å²) in [5, 5.41) is 8.95. The van der Waals surface area contributed by atoms with E-state index in [9.17, 15) is 0 Å². The Bertz CT molecular complexity index is 669. The van der Waals surface area contributed by atoms with Crippen LogP contribution in [0.25, 0.3) is 11.0 Å². The molecule has 0 bridgehead atoms. The first-order valence-electron chi connectivity index (χ1n) is 6.54. The van der Waals surface area contributed by atoms with E-state index in [0.717, 1.165) is 17.9 Å². The van der Waals surface area contributed by atoms with Crippen LogP contribution in [0.1, 0.15) is 29.9 Å². The molecule has 0 radical (unpaired) electrons. The fraction of sp³-hybridized carbons (Fsp3) is 0.250. The zero-order valence-electron chi connectivity index (χ0n) is 11.1. The zero-order valence-corrected chi connectivity index (χ0v) is 12.0. The van der Waals surface area contributed by atoms with Crippen molar-refractivity contribution in [2.45, 2.75) is 19.9 Å². The second-order valence-electron chi connectivity index (χ2n) is 4.69. The molecule has 98 valence electrons. The zero-order chi connectivity index (χ0) is 13.2. The maximum atomic E-state index is 6.08. The highest BCUT2D eigenvalue weighted by molar-refractivity contribution is 7.08. The summed E-state index contributed by atoms with van der Waals surface area (Å²) < 4.78 is 6.08. The molecule has 0 aliphatic heterocycles. The van der Waals surface area contributed by atoms with Crippen LogP contribution in [-0.2, 0) is 0 Å². The van der Waals surface area contributed by atoms with Crippen molar-refractivity contribution in [2.75, 3.05) is 6.54 Å². The summed E-state index contributed by atoms with van der Waals surface area (Å²) in [4.78, 5) is 0. The number of aryl methyl sites for hydroxylation is 1. The highest BCUT2D eigenvalue weighted by atomic mass is 32.1. The first kappa shape index (κ1) is 12.5. The Kier molecular flexibility index (Phi) is 3.40. The molecule has 3 aromatic rings. The molecule has 2 aromatic heterocycles. The molecule has 1 aromatic carbocycles. The Hall–Kier alpha value is -1.58. The third-order valence-corrected chi connectivity index (χ3v) is 4.03. The molecule has 3 heteroatoms. The minimum Gasteiger partial charge on any atom is -0.459 e. The van der Waals surface area contributed by atoms with E-state index in [4.69, 9.17) is 4.42 Å². The molecule has 3 rings (SSSR count). The van der Waals surface area contributed by atoms with Crippen LogP contribution in [0.2, 0.25) is 0 Å². The van der Waals surface area contributed by atoms with Gasteiger partial charge in [0.05, 0.1) is 6.04 Å². The summed E-state index contributed by atoms with van der Waals surface area (Å²) in [5.41, 5.74) is 3.45. The third kappa shape index (κ3) is 2.31. The molecule has 1 atom stereocenters. The lowest BCUT2D eigenvalue weighted by atomic mass is 10.1. The standard InChI is InChI=1S/C16H17NOS/c1-3-17-15(13-7-8-19-10-13)14-9-12-6-4-5-11(2)16(12)18-14/h4-10,15,17H,3H2,1-2H3. The van der Waals surface area contributed by atoms with Gasteiger partial charge in [0.2, 0.25) is 0 Å². The lowest BCUT2D eigenvalue weighted by molar-refractivity contribution is 0.477. The SMILES string of the molecule is CCNC(c1ccsc1)c1cc2cccc(C)c2o1. The molecule has 0 fully saturated rings. The van der Waals surface area contributed by atoms with E-state index in [1.165, 1.54) is 16.5 Å². The third-order valence-electron chi connectivity index (χ3n) is 3.33. The largest absolute Gasteiger partial charge is 0.459 e. The number of fused-ring (bicyclic) bond motifs is 1. The molecule has 0 saturated carbocycles. The highest BCUT2D eigenvalue weighted by Crippen LogP contribution is 2.30. The number of hydrogen-bond donors (Lipinski definition) is 1. The van der Waals surface area contributed by atoms with Crippen molar-refractivity contribution in [3.05, 3.63) is 58.0 Å². The van der Waals surface area contributed by atoms with Gasteiger partial charge < -0.3 is 9.73 Å². The smallest absolute Gasteiger partial charge is 0.137 e. The van der Waals surface area contributed by atoms with Crippen LogP contribution in [-0.4, -0.2) is 6.54 Å². The second-order valence-corrected chi connectivity index (χ2v) is 5.47.